The number of carbonyl (C=O) groups excluding carboxylic acids is 1. The highest BCUT2D eigenvalue weighted by Crippen LogP contribution is 2.37. The number of carbonyl (C=O) groups is 1. The van der Waals surface area contributed by atoms with Crippen molar-refractivity contribution in [3.8, 4) is 0 Å². The molecule has 2 atom stereocenters. The molecule has 10 nitrogen and oxygen atoms in total. The summed E-state index contributed by atoms with van der Waals surface area (Å²) in [4.78, 5) is 27.9. The third kappa shape index (κ3) is 5.09. The predicted octanol–water partition coefficient (Wildman–Crippen LogP) is 4.46. The lowest BCUT2D eigenvalue weighted by Crippen LogP contribution is -2.30. The van der Waals surface area contributed by atoms with Gasteiger partial charge in [0.05, 0.1) is 22.9 Å². The summed E-state index contributed by atoms with van der Waals surface area (Å²) in [6.07, 6.45) is 6.09. The van der Waals surface area contributed by atoms with Gasteiger partial charge in [-0.1, -0.05) is 19.8 Å². The molecule has 2 N–H and O–H groups in total. The quantitative estimate of drug-likeness (QED) is 0.441. The third-order valence-electron chi connectivity index (χ3n) is 7.28. The number of pyridine rings is 1. The summed E-state index contributed by atoms with van der Waals surface area (Å²) in [5, 5.41) is 8.59. The van der Waals surface area contributed by atoms with E-state index >= 15 is 0 Å². The van der Waals surface area contributed by atoms with Gasteiger partial charge < -0.3 is 15.0 Å². The van der Waals surface area contributed by atoms with Gasteiger partial charge in [-0.2, -0.15) is 9.40 Å². The first-order valence-corrected chi connectivity index (χ1v) is 14.6. The fourth-order valence-corrected chi connectivity index (χ4v) is 7.10. The number of hydrogen-bond donors (Lipinski definition) is 2. The van der Waals surface area contributed by atoms with Crippen LogP contribution in [-0.2, 0) is 26.1 Å². The maximum atomic E-state index is 13.1. The van der Waals surface area contributed by atoms with Gasteiger partial charge in [0, 0.05) is 25.0 Å². The first-order chi connectivity index (χ1) is 17.9. The van der Waals surface area contributed by atoms with E-state index in [1.807, 2.05) is 10.7 Å². The first-order valence-electron chi connectivity index (χ1n) is 13.2. The number of nitrogens with one attached hydrogen (secondary N) is 2. The molecule has 0 bridgehead atoms. The number of aromatic amines is 1. The molecule has 0 amide bonds. The van der Waals surface area contributed by atoms with Crippen molar-refractivity contribution in [2.75, 3.05) is 11.9 Å². The SMILES string of the molecule is C[C@H]1CCCC[C@@H]1n1nc(Nc2ccc3c(c2)CN(CCC(=O)OC(C)(C)C)S3(=O)=O)c2c(=O)[nH]ccc21. The topological polar surface area (TPSA) is 126 Å². The average Bonchev–Trinajstić information content (AvgIpc) is 3.32. The molecular weight excluding hydrogens is 506 g/mol. The zero-order chi connectivity index (χ0) is 27.2. The highest BCUT2D eigenvalue weighted by molar-refractivity contribution is 7.89. The molecule has 11 heteroatoms. The van der Waals surface area contributed by atoms with Crippen molar-refractivity contribution in [3.05, 3.63) is 46.4 Å². The molecule has 3 heterocycles. The Morgan fingerprint density at radius 2 is 1.97 bits per heavy atom. The van der Waals surface area contributed by atoms with Gasteiger partial charge in [-0.3, -0.25) is 14.3 Å². The van der Waals surface area contributed by atoms with Gasteiger partial charge in [0.1, 0.15) is 11.0 Å². The second-order valence-corrected chi connectivity index (χ2v) is 13.2. The van der Waals surface area contributed by atoms with Gasteiger partial charge in [-0.15, -0.1) is 0 Å². The monoisotopic (exact) mass is 541 g/mol. The molecule has 1 fully saturated rings. The summed E-state index contributed by atoms with van der Waals surface area (Å²) < 4.78 is 34.7. The van der Waals surface area contributed by atoms with Crippen LogP contribution in [0.5, 0.6) is 0 Å². The minimum Gasteiger partial charge on any atom is -0.460 e. The second kappa shape index (κ2) is 9.85. The molecule has 0 unspecified atom stereocenters. The van der Waals surface area contributed by atoms with E-state index in [0.717, 1.165) is 24.8 Å². The Balaban J connectivity index is 1.40. The number of ether oxygens (including phenoxy) is 1. The van der Waals surface area contributed by atoms with Crippen LogP contribution in [0, 0.1) is 5.92 Å². The third-order valence-corrected chi connectivity index (χ3v) is 9.23. The first kappa shape index (κ1) is 26.4. The van der Waals surface area contributed by atoms with Crippen molar-refractivity contribution in [3.63, 3.8) is 0 Å². The van der Waals surface area contributed by atoms with Crippen LogP contribution < -0.4 is 10.9 Å². The molecule has 0 saturated heterocycles. The largest absolute Gasteiger partial charge is 0.460 e. The Morgan fingerprint density at radius 1 is 1.21 bits per heavy atom. The van der Waals surface area contributed by atoms with E-state index in [2.05, 4.69) is 17.2 Å². The zero-order valence-corrected chi connectivity index (χ0v) is 23.1. The van der Waals surface area contributed by atoms with E-state index in [1.54, 1.807) is 45.2 Å². The Labute approximate surface area is 222 Å². The number of esters is 1. The molecule has 0 radical (unpaired) electrons. The minimum absolute atomic E-state index is 0.0264. The summed E-state index contributed by atoms with van der Waals surface area (Å²) in [6.45, 7) is 7.75. The molecule has 3 aromatic rings. The molecule has 1 saturated carbocycles. The number of H-pyrrole nitrogens is 1. The highest BCUT2D eigenvalue weighted by Gasteiger charge is 2.35. The van der Waals surface area contributed by atoms with Crippen molar-refractivity contribution in [2.45, 2.75) is 82.9 Å². The van der Waals surface area contributed by atoms with Gasteiger partial charge >= 0.3 is 5.97 Å². The van der Waals surface area contributed by atoms with Crippen LogP contribution in [0.3, 0.4) is 0 Å². The van der Waals surface area contributed by atoms with Crippen molar-refractivity contribution < 1.29 is 17.9 Å². The van der Waals surface area contributed by atoms with Gasteiger partial charge in [-0.25, -0.2) is 8.42 Å². The lowest BCUT2D eigenvalue weighted by Gasteiger charge is -2.29. The Bertz CT molecular complexity index is 1540. The number of sulfonamides is 1. The molecule has 1 aliphatic heterocycles. The average molecular weight is 542 g/mol. The molecule has 1 aliphatic carbocycles. The van der Waals surface area contributed by atoms with E-state index in [4.69, 9.17) is 9.84 Å². The Morgan fingerprint density at radius 3 is 2.71 bits per heavy atom. The summed E-state index contributed by atoms with van der Waals surface area (Å²) in [5.74, 6) is 0.462. The van der Waals surface area contributed by atoms with Crippen molar-refractivity contribution >= 4 is 38.4 Å². The molecule has 38 heavy (non-hydrogen) atoms. The Kier molecular flexibility index (Phi) is 6.85. The summed E-state index contributed by atoms with van der Waals surface area (Å²) >= 11 is 0. The predicted molar refractivity (Wildman–Crippen MR) is 145 cm³/mol. The van der Waals surface area contributed by atoms with Gasteiger partial charge in [-0.05, 0) is 69.4 Å². The molecular formula is C27H35N5O5S. The lowest BCUT2D eigenvalue weighted by atomic mass is 9.86. The summed E-state index contributed by atoms with van der Waals surface area (Å²) in [7, 11) is -3.71. The number of anilines is 2. The van der Waals surface area contributed by atoms with Crippen molar-refractivity contribution in [2.24, 2.45) is 5.92 Å². The van der Waals surface area contributed by atoms with Crippen molar-refractivity contribution in [1.82, 2.24) is 19.1 Å². The van der Waals surface area contributed by atoms with Crippen LogP contribution in [0.4, 0.5) is 11.5 Å². The number of aromatic nitrogens is 3. The van der Waals surface area contributed by atoms with Crippen LogP contribution in [0.2, 0.25) is 0 Å². The molecule has 1 aromatic carbocycles. The minimum atomic E-state index is -3.71. The van der Waals surface area contributed by atoms with E-state index in [9.17, 15) is 18.0 Å². The maximum Gasteiger partial charge on any atom is 0.307 e. The summed E-state index contributed by atoms with van der Waals surface area (Å²) in [6, 6.07) is 7.11. The van der Waals surface area contributed by atoms with E-state index in [0.29, 0.717) is 28.4 Å². The van der Waals surface area contributed by atoms with Crippen molar-refractivity contribution in [1.29, 1.82) is 0 Å². The number of hydrogen-bond acceptors (Lipinski definition) is 7. The van der Waals surface area contributed by atoms with Gasteiger partial charge in [0.2, 0.25) is 10.0 Å². The van der Waals surface area contributed by atoms with Crippen LogP contribution >= 0.6 is 0 Å². The number of rotatable bonds is 6. The van der Waals surface area contributed by atoms with E-state index in [1.165, 1.54) is 10.7 Å². The standard InChI is InChI=1S/C27H35N5O5S/c1-17-7-5-6-8-20(17)32-21-11-13-28-26(34)24(21)25(30-32)29-19-9-10-22-18(15-19)16-31(38(22,35)36)14-12-23(33)37-27(2,3)4/h9-11,13,15,17,20H,5-8,12,14,16H2,1-4H3,(H,28,34)(H,29,30)/t17-,20-/m0/s1. The van der Waals surface area contributed by atoms with Crippen LogP contribution in [-0.4, -0.2) is 45.6 Å². The lowest BCUT2D eigenvalue weighted by molar-refractivity contribution is -0.154. The number of fused-ring (bicyclic) bond motifs is 2. The molecule has 204 valence electrons. The number of benzene rings is 1. The van der Waals surface area contributed by atoms with Crippen LogP contribution in [0.15, 0.2) is 40.2 Å². The molecule has 2 aliphatic rings. The van der Waals surface area contributed by atoms with Gasteiger partial charge in [0.15, 0.2) is 5.82 Å². The zero-order valence-electron chi connectivity index (χ0n) is 22.3. The van der Waals surface area contributed by atoms with E-state index in [-0.39, 0.29) is 36.0 Å². The van der Waals surface area contributed by atoms with Gasteiger partial charge in [0.25, 0.3) is 5.56 Å². The molecule has 0 spiro atoms. The van der Waals surface area contributed by atoms with Crippen LogP contribution in [0.1, 0.15) is 71.4 Å². The number of nitrogens with zero attached hydrogens (tertiary/aromatic N) is 3. The maximum absolute atomic E-state index is 13.1. The highest BCUT2D eigenvalue weighted by atomic mass is 32.2. The Hall–Kier alpha value is -3.18. The normalized spacial score (nSPS) is 21.4. The van der Waals surface area contributed by atoms with E-state index < -0.39 is 21.6 Å². The fourth-order valence-electron chi connectivity index (χ4n) is 5.49. The second-order valence-electron chi connectivity index (χ2n) is 11.3. The molecule has 2 aromatic heterocycles. The molecule has 5 rings (SSSR count). The summed E-state index contributed by atoms with van der Waals surface area (Å²) in [5.41, 5.74) is 1.19. The van der Waals surface area contributed by atoms with Crippen LogP contribution in [0.25, 0.3) is 10.9 Å². The fraction of sp³-hybridized carbons (Fsp3) is 0.519. The smallest absolute Gasteiger partial charge is 0.307 e.